The summed E-state index contributed by atoms with van der Waals surface area (Å²) in [6.07, 6.45) is 1.00. The fourth-order valence-electron chi connectivity index (χ4n) is 3.40. The van der Waals surface area contributed by atoms with Gasteiger partial charge in [0.2, 0.25) is 5.95 Å². The van der Waals surface area contributed by atoms with Crippen molar-refractivity contribution in [3.8, 4) is 6.01 Å². The van der Waals surface area contributed by atoms with E-state index in [2.05, 4.69) is 48.6 Å². The summed E-state index contributed by atoms with van der Waals surface area (Å²) in [4.78, 5) is 26.3. The van der Waals surface area contributed by atoms with Crippen molar-refractivity contribution >= 4 is 11.8 Å². The summed E-state index contributed by atoms with van der Waals surface area (Å²) in [6, 6.07) is 2.56. The molecule has 0 aliphatic carbocycles. The van der Waals surface area contributed by atoms with E-state index in [1.54, 1.807) is 13.1 Å². The molecule has 0 unspecified atom stereocenters. The smallest absolute Gasteiger partial charge is 0.321 e. The second-order valence-electron chi connectivity index (χ2n) is 6.86. The number of aliphatic hydroxyl groups excluding tert-OH is 1. The van der Waals surface area contributed by atoms with Crippen LogP contribution in [0.3, 0.4) is 0 Å². The molecule has 3 heterocycles. The van der Waals surface area contributed by atoms with Gasteiger partial charge in [-0.15, -0.1) is 0 Å². The van der Waals surface area contributed by atoms with Crippen molar-refractivity contribution < 1.29 is 9.84 Å². The summed E-state index contributed by atoms with van der Waals surface area (Å²) in [5.74, 6) is 2.53. The standard InChI is InChI=1S/C18H27N7O2/c1-6-27-18-21-14(5)20-17(23-18)25-11(2)9-24(10-12(25)3)15-7-8-19-16(22-15)13(4)26/h7-8,11-13,26H,6,9-10H2,1-5H3/t11-,12+,13-/m1/s1. The lowest BCUT2D eigenvalue weighted by molar-refractivity contribution is 0.189. The quantitative estimate of drug-likeness (QED) is 0.836. The van der Waals surface area contributed by atoms with E-state index in [-0.39, 0.29) is 12.1 Å². The lowest BCUT2D eigenvalue weighted by Gasteiger charge is -2.44. The second kappa shape index (κ2) is 7.99. The van der Waals surface area contributed by atoms with Gasteiger partial charge in [-0.2, -0.15) is 15.0 Å². The van der Waals surface area contributed by atoms with Crippen LogP contribution in [0.2, 0.25) is 0 Å². The third-order valence-electron chi connectivity index (χ3n) is 4.50. The first kappa shape index (κ1) is 19.2. The molecule has 1 saturated heterocycles. The summed E-state index contributed by atoms with van der Waals surface area (Å²) in [6.45, 7) is 11.7. The van der Waals surface area contributed by atoms with Gasteiger partial charge in [-0.1, -0.05) is 0 Å². The number of hydrogen-bond acceptors (Lipinski definition) is 9. The van der Waals surface area contributed by atoms with Gasteiger partial charge in [-0.25, -0.2) is 9.97 Å². The minimum atomic E-state index is -0.689. The normalized spacial score (nSPS) is 21.3. The number of piperazine rings is 1. The minimum Gasteiger partial charge on any atom is -0.464 e. The molecule has 1 fully saturated rings. The van der Waals surface area contributed by atoms with Crippen LogP contribution in [0.25, 0.3) is 0 Å². The summed E-state index contributed by atoms with van der Waals surface area (Å²) in [5, 5.41) is 9.75. The predicted octanol–water partition coefficient (Wildman–Crippen LogP) is 1.53. The molecule has 1 aliphatic rings. The van der Waals surface area contributed by atoms with Crippen LogP contribution in [0.15, 0.2) is 12.3 Å². The number of hydrogen-bond donors (Lipinski definition) is 1. The molecule has 9 heteroatoms. The Kier molecular flexibility index (Phi) is 5.69. The van der Waals surface area contributed by atoms with E-state index in [1.807, 2.05) is 19.9 Å². The Morgan fingerprint density at radius 3 is 2.52 bits per heavy atom. The molecule has 2 aromatic heterocycles. The molecule has 0 bridgehead atoms. The van der Waals surface area contributed by atoms with Gasteiger partial charge < -0.3 is 19.6 Å². The SMILES string of the molecule is CCOc1nc(C)nc(N2[C@H](C)CN(c3ccnc([C@@H](C)O)n3)C[C@@H]2C)n1. The molecule has 1 aliphatic heterocycles. The molecular formula is C18H27N7O2. The zero-order chi connectivity index (χ0) is 19.6. The highest BCUT2D eigenvalue weighted by atomic mass is 16.5. The maximum absolute atomic E-state index is 9.75. The first-order chi connectivity index (χ1) is 12.9. The third-order valence-corrected chi connectivity index (χ3v) is 4.50. The molecule has 27 heavy (non-hydrogen) atoms. The molecule has 1 N–H and O–H groups in total. The van der Waals surface area contributed by atoms with E-state index in [0.717, 1.165) is 18.9 Å². The number of aryl methyl sites for hydroxylation is 1. The summed E-state index contributed by atoms with van der Waals surface area (Å²) in [5.41, 5.74) is 0. The molecule has 0 amide bonds. The molecular weight excluding hydrogens is 346 g/mol. The van der Waals surface area contributed by atoms with Gasteiger partial charge in [0.1, 0.15) is 17.7 Å². The van der Waals surface area contributed by atoms with Crippen LogP contribution >= 0.6 is 0 Å². The van der Waals surface area contributed by atoms with Gasteiger partial charge >= 0.3 is 6.01 Å². The van der Waals surface area contributed by atoms with Crippen LogP contribution in [0.1, 0.15) is 45.4 Å². The first-order valence-corrected chi connectivity index (χ1v) is 9.28. The molecule has 146 valence electrons. The first-order valence-electron chi connectivity index (χ1n) is 9.28. The zero-order valence-corrected chi connectivity index (χ0v) is 16.5. The molecule has 0 radical (unpaired) electrons. The average Bonchev–Trinajstić information content (AvgIpc) is 2.61. The minimum absolute atomic E-state index is 0.162. The number of rotatable bonds is 5. The highest BCUT2D eigenvalue weighted by Crippen LogP contribution is 2.25. The van der Waals surface area contributed by atoms with Crippen LogP contribution < -0.4 is 14.5 Å². The maximum Gasteiger partial charge on any atom is 0.321 e. The summed E-state index contributed by atoms with van der Waals surface area (Å²) < 4.78 is 5.47. The Morgan fingerprint density at radius 2 is 1.89 bits per heavy atom. The molecule has 0 spiro atoms. The third kappa shape index (κ3) is 4.24. The highest BCUT2D eigenvalue weighted by molar-refractivity contribution is 5.45. The Balaban J connectivity index is 1.82. The lowest BCUT2D eigenvalue weighted by Crippen LogP contribution is -2.58. The highest BCUT2D eigenvalue weighted by Gasteiger charge is 2.32. The van der Waals surface area contributed by atoms with Crippen LogP contribution in [0.5, 0.6) is 6.01 Å². The number of anilines is 2. The molecule has 2 aromatic rings. The van der Waals surface area contributed by atoms with Crippen molar-refractivity contribution in [3.63, 3.8) is 0 Å². The maximum atomic E-state index is 9.75. The van der Waals surface area contributed by atoms with E-state index >= 15 is 0 Å². The number of nitrogens with zero attached hydrogens (tertiary/aromatic N) is 7. The topological polar surface area (TPSA) is 100 Å². The number of ether oxygens (including phenoxy) is 1. The van der Waals surface area contributed by atoms with E-state index in [4.69, 9.17) is 4.74 Å². The summed E-state index contributed by atoms with van der Waals surface area (Å²) in [7, 11) is 0. The van der Waals surface area contributed by atoms with Crippen LogP contribution in [-0.2, 0) is 0 Å². The fraction of sp³-hybridized carbons (Fsp3) is 0.611. The van der Waals surface area contributed by atoms with Crippen molar-refractivity contribution in [2.75, 3.05) is 29.5 Å². The monoisotopic (exact) mass is 373 g/mol. The zero-order valence-electron chi connectivity index (χ0n) is 16.5. The van der Waals surface area contributed by atoms with Gasteiger partial charge in [-0.3, -0.25) is 0 Å². The van der Waals surface area contributed by atoms with Gasteiger partial charge in [0.05, 0.1) is 6.61 Å². The predicted molar refractivity (Wildman–Crippen MR) is 102 cm³/mol. The van der Waals surface area contributed by atoms with Crippen LogP contribution in [0.4, 0.5) is 11.8 Å². The Labute approximate surface area is 159 Å². The van der Waals surface area contributed by atoms with E-state index in [1.165, 1.54) is 0 Å². The van der Waals surface area contributed by atoms with E-state index in [9.17, 15) is 5.11 Å². The molecule has 9 nitrogen and oxygen atoms in total. The van der Waals surface area contributed by atoms with E-state index < -0.39 is 6.10 Å². The van der Waals surface area contributed by atoms with Gasteiger partial charge in [-0.05, 0) is 40.7 Å². The van der Waals surface area contributed by atoms with Crippen molar-refractivity contribution in [2.45, 2.75) is 52.8 Å². The Hall–Kier alpha value is -2.55. The molecule has 3 rings (SSSR count). The van der Waals surface area contributed by atoms with Crippen molar-refractivity contribution in [1.82, 2.24) is 24.9 Å². The number of aliphatic hydroxyl groups is 1. The number of aromatic nitrogens is 5. The van der Waals surface area contributed by atoms with E-state index in [0.29, 0.717) is 30.2 Å². The summed E-state index contributed by atoms with van der Waals surface area (Å²) >= 11 is 0. The van der Waals surface area contributed by atoms with Crippen LogP contribution in [-0.4, -0.2) is 61.8 Å². The average molecular weight is 373 g/mol. The van der Waals surface area contributed by atoms with Crippen molar-refractivity contribution in [3.05, 3.63) is 23.9 Å². The largest absolute Gasteiger partial charge is 0.464 e. The van der Waals surface area contributed by atoms with Crippen LogP contribution in [0, 0.1) is 6.92 Å². The molecule has 3 atom stereocenters. The van der Waals surface area contributed by atoms with Gasteiger partial charge in [0.15, 0.2) is 5.82 Å². The Bertz CT molecular complexity index is 774. The lowest BCUT2D eigenvalue weighted by atomic mass is 10.1. The van der Waals surface area contributed by atoms with Gasteiger partial charge in [0.25, 0.3) is 0 Å². The molecule has 0 aromatic carbocycles. The van der Waals surface area contributed by atoms with Crippen molar-refractivity contribution in [1.29, 1.82) is 0 Å². The second-order valence-corrected chi connectivity index (χ2v) is 6.86. The van der Waals surface area contributed by atoms with Gasteiger partial charge in [0, 0.05) is 31.4 Å². The molecule has 0 saturated carbocycles. The Morgan fingerprint density at radius 1 is 1.19 bits per heavy atom. The van der Waals surface area contributed by atoms with Crippen molar-refractivity contribution in [2.24, 2.45) is 0 Å². The fourth-order valence-corrected chi connectivity index (χ4v) is 3.40.